The number of hydrogen-bond acceptors (Lipinski definition) is 4. The van der Waals surface area contributed by atoms with Crippen LogP contribution in [0.25, 0.3) is 0 Å². The van der Waals surface area contributed by atoms with Crippen LogP contribution in [0.5, 0.6) is 0 Å². The Kier molecular flexibility index (Phi) is 4.96. The Morgan fingerprint density at radius 3 is 2.79 bits per heavy atom. The molecule has 0 aliphatic carbocycles. The number of nitrogens with one attached hydrogen (secondary N) is 1. The van der Waals surface area contributed by atoms with E-state index in [9.17, 15) is 0 Å². The zero-order valence-corrected chi connectivity index (χ0v) is 12.4. The zero-order chi connectivity index (χ0) is 13.7. The lowest BCUT2D eigenvalue weighted by Gasteiger charge is -2.37. The molecule has 1 aliphatic rings. The van der Waals surface area contributed by atoms with E-state index in [1.807, 2.05) is 6.20 Å². The van der Waals surface area contributed by atoms with Gasteiger partial charge in [-0.3, -0.25) is 9.80 Å². The molecular weight excluding hydrogens is 240 g/mol. The number of aromatic amines is 1. The normalized spacial score (nSPS) is 18.1. The van der Waals surface area contributed by atoms with E-state index in [0.29, 0.717) is 0 Å². The topological polar surface area (TPSA) is 44.4 Å². The maximum Gasteiger partial charge on any atom is 0.0922 e. The second-order valence-electron chi connectivity index (χ2n) is 6.30. The first kappa shape index (κ1) is 14.5. The van der Waals surface area contributed by atoms with Gasteiger partial charge in [-0.15, -0.1) is 0 Å². The monoisotopic (exact) mass is 266 g/mol. The zero-order valence-electron chi connectivity index (χ0n) is 12.4. The first-order valence-corrected chi connectivity index (χ1v) is 7.01. The molecule has 0 unspecified atom stereocenters. The van der Waals surface area contributed by atoms with Gasteiger partial charge in [-0.2, -0.15) is 0 Å². The van der Waals surface area contributed by atoms with Crippen LogP contribution in [-0.4, -0.2) is 66.2 Å². The molecule has 0 spiro atoms. The van der Waals surface area contributed by atoms with E-state index < -0.39 is 0 Å². The van der Waals surface area contributed by atoms with Crippen LogP contribution in [0.15, 0.2) is 12.5 Å². The molecule has 1 aliphatic heterocycles. The molecule has 0 amide bonds. The van der Waals surface area contributed by atoms with Crippen molar-refractivity contribution in [3.63, 3.8) is 0 Å². The fourth-order valence-corrected chi connectivity index (χ4v) is 2.86. The highest BCUT2D eigenvalue weighted by atomic mass is 16.5. The largest absolute Gasteiger partial charge is 0.379 e. The summed E-state index contributed by atoms with van der Waals surface area (Å²) in [6.07, 6.45) is 3.63. The molecule has 19 heavy (non-hydrogen) atoms. The summed E-state index contributed by atoms with van der Waals surface area (Å²) in [6, 6.07) is 0. The summed E-state index contributed by atoms with van der Waals surface area (Å²) in [5, 5.41) is 0. The van der Waals surface area contributed by atoms with Gasteiger partial charge in [0.1, 0.15) is 0 Å². The van der Waals surface area contributed by atoms with Crippen LogP contribution in [0.4, 0.5) is 0 Å². The van der Waals surface area contributed by atoms with E-state index in [1.54, 1.807) is 6.33 Å². The highest BCUT2D eigenvalue weighted by Crippen LogP contribution is 2.19. The summed E-state index contributed by atoms with van der Waals surface area (Å²) in [7, 11) is 2.17. The molecule has 2 heterocycles. The van der Waals surface area contributed by atoms with E-state index in [2.05, 4.69) is 40.7 Å². The van der Waals surface area contributed by atoms with Crippen molar-refractivity contribution >= 4 is 0 Å². The summed E-state index contributed by atoms with van der Waals surface area (Å²) >= 11 is 0. The molecule has 1 fully saturated rings. The van der Waals surface area contributed by atoms with Gasteiger partial charge in [0.05, 0.1) is 19.5 Å². The van der Waals surface area contributed by atoms with E-state index in [1.165, 1.54) is 5.69 Å². The molecule has 2 rings (SSSR count). The highest BCUT2D eigenvalue weighted by Gasteiger charge is 2.24. The maximum absolute atomic E-state index is 5.40. The van der Waals surface area contributed by atoms with Crippen molar-refractivity contribution < 1.29 is 4.74 Å². The van der Waals surface area contributed by atoms with Gasteiger partial charge < -0.3 is 9.72 Å². The third-order valence-corrected chi connectivity index (χ3v) is 3.45. The quantitative estimate of drug-likeness (QED) is 0.840. The molecule has 5 heteroatoms. The summed E-state index contributed by atoms with van der Waals surface area (Å²) in [4.78, 5) is 12.1. The van der Waals surface area contributed by atoms with Gasteiger partial charge in [0.15, 0.2) is 0 Å². The number of imidazole rings is 1. The lowest BCUT2D eigenvalue weighted by molar-refractivity contribution is 0.0160. The van der Waals surface area contributed by atoms with Crippen LogP contribution < -0.4 is 0 Å². The lowest BCUT2D eigenvalue weighted by Crippen LogP contribution is -2.45. The standard InChI is InChI=1S/C14H26N4O/c1-14(2,11-18-4-6-19-7-5-18)10-17(3)9-13-8-15-12-16-13/h8,12H,4-7,9-11H2,1-3H3,(H,15,16). The van der Waals surface area contributed by atoms with Crippen LogP contribution in [0, 0.1) is 5.41 Å². The predicted octanol–water partition coefficient (Wildman–Crippen LogP) is 1.20. The summed E-state index contributed by atoms with van der Waals surface area (Å²) in [5.41, 5.74) is 1.45. The molecule has 0 atom stereocenters. The fraction of sp³-hybridized carbons (Fsp3) is 0.786. The van der Waals surface area contributed by atoms with Crippen molar-refractivity contribution in [1.29, 1.82) is 0 Å². The van der Waals surface area contributed by atoms with Gasteiger partial charge in [-0.25, -0.2) is 4.98 Å². The molecule has 0 radical (unpaired) electrons. The third kappa shape index (κ3) is 4.93. The van der Waals surface area contributed by atoms with Crippen molar-refractivity contribution in [2.75, 3.05) is 46.4 Å². The molecule has 1 N–H and O–H groups in total. The van der Waals surface area contributed by atoms with Crippen molar-refractivity contribution in [1.82, 2.24) is 19.8 Å². The number of hydrogen-bond donors (Lipinski definition) is 1. The number of H-pyrrole nitrogens is 1. The molecule has 0 bridgehead atoms. The molecule has 0 aromatic carbocycles. The van der Waals surface area contributed by atoms with E-state index in [4.69, 9.17) is 4.74 Å². The summed E-state index contributed by atoms with van der Waals surface area (Å²) in [5.74, 6) is 0. The number of morpholine rings is 1. The molecule has 1 aromatic heterocycles. The average Bonchev–Trinajstić information content (AvgIpc) is 2.81. The maximum atomic E-state index is 5.40. The van der Waals surface area contributed by atoms with Gasteiger partial charge in [0.2, 0.25) is 0 Å². The number of nitrogens with zero attached hydrogens (tertiary/aromatic N) is 3. The summed E-state index contributed by atoms with van der Waals surface area (Å²) < 4.78 is 5.40. The smallest absolute Gasteiger partial charge is 0.0922 e. The highest BCUT2D eigenvalue weighted by molar-refractivity contribution is 4.94. The van der Waals surface area contributed by atoms with Gasteiger partial charge >= 0.3 is 0 Å². The average molecular weight is 266 g/mol. The first-order chi connectivity index (χ1) is 9.05. The van der Waals surface area contributed by atoms with Crippen molar-refractivity contribution in [2.45, 2.75) is 20.4 Å². The Hall–Kier alpha value is -0.910. The van der Waals surface area contributed by atoms with Crippen molar-refractivity contribution in [2.24, 2.45) is 5.41 Å². The molecule has 108 valence electrons. The van der Waals surface area contributed by atoms with Gasteiger partial charge in [-0.05, 0) is 12.5 Å². The van der Waals surface area contributed by atoms with Crippen LogP contribution >= 0.6 is 0 Å². The minimum Gasteiger partial charge on any atom is -0.379 e. The Morgan fingerprint density at radius 2 is 2.16 bits per heavy atom. The first-order valence-electron chi connectivity index (χ1n) is 7.01. The second-order valence-corrected chi connectivity index (χ2v) is 6.30. The number of rotatable bonds is 6. The lowest BCUT2D eigenvalue weighted by atomic mass is 9.91. The van der Waals surface area contributed by atoms with Crippen LogP contribution in [-0.2, 0) is 11.3 Å². The van der Waals surface area contributed by atoms with Crippen LogP contribution in [0.1, 0.15) is 19.5 Å². The minimum atomic E-state index is 0.284. The Balaban J connectivity index is 1.78. The molecule has 0 saturated carbocycles. The predicted molar refractivity (Wildman–Crippen MR) is 76.0 cm³/mol. The second kappa shape index (κ2) is 6.50. The Bertz CT molecular complexity index is 358. The van der Waals surface area contributed by atoms with Crippen LogP contribution in [0.3, 0.4) is 0 Å². The Morgan fingerprint density at radius 1 is 1.42 bits per heavy atom. The van der Waals surface area contributed by atoms with Crippen molar-refractivity contribution in [3.05, 3.63) is 18.2 Å². The van der Waals surface area contributed by atoms with Crippen LogP contribution in [0.2, 0.25) is 0 Å². The van der Waals surface area contributed by atoms with E-state index in [-0.39, 0.29) is 5.41 Å². The number of aromatic nitrogens is 2. The fourth-order valence-electron chi connectivity index (χ4n) is 2.86. The van der Waals surface area contributed by atoms with Gasteiger partial charge in [0, 0.05) is 44.6 Å². The van der Waals surface area contributed by atoms with Crippen molar-refractivity contribution in [3.8, 4) is 0 Å². The van der Waals surface area contributed by atoms with E-state index in [0.717, 1.165) is 45.9 Å². The van der Waals surface area contributed by atoms with Gasteiger partial charge in [-0.1, -0.05) is 13.8 Å². The molecule has 1 aromatic rings. The Labute approximate surface area is 116 Å². The summed E-state index contributed by atoms with van der Waals surface area (Å²) in [6.45, 7) is 11.7. The molecule has 5 nitrogen and oxygen atoms in total. The minimum absolute atomic E-state index is 0.284. The SMILES string of the molecule is CN(Cc1cnc[nH]1)CC(C)(C)CN1CCOCC1. The van der Waals surface area contributed by atoms with Gasteiger partial charge in [0.25, 0.3) is 0 Å². The number of ether oxygens (including phenoxy) is 1. The van der Waals surface area contributed by atoms with E-state index >= 15 is 0 Å². The third-order valence-electron chi connectivity index (χ3n) is 3.45. The molecule has 1 saturated heterocycles. The molecular formula is C14H26N4O.